The number of hydrogen-bond acceptors (Lipinski definition) is 2. The Bertz CT molecular complexity index is 470. The molecule has 1 aromatic carbocycles. The van der Waals surface area contributed by atoms with E-state index >= 15 is 0 Å². The van der Waals surface area contributed by atoms with E-state index in [0.29, 0.717) is 12.8 Å². The zero-order valence-electron chi connectivity index (χ0n) is 13.3. The third-order valence-electron chi connectivity index (χ3n) is 3.42. The van der Waals surface area contributed by atoms with Gasteiger partial charge >= 0.3 is 0 Å². The summed E-state index contributed by atoms with van der Waals surface area (Å²) in [6.07, 6.45) is 0.931. The first-order valence-corrected chi connectivity index (χ1v) is 7.36. The Morgan fingerprint density at radius 1 is 1.05 bits per heavy atom. The average Bonchev–Trinajstić information content (AvgIpc) is 2.23. The monoisotopic (exact) mass is 296 g/mol. The van der Waals surface area contributed by atoms with Gasteiger partial charge in [0.05, 0.1) is 0 Å². The molecule has 0 saturated carbocycles. The van der Waals surface area contributed by atoms with Crippen LogP contribution in [-0.2, 0) is 22.0 Å². The summed E-state index contributed by atoms with van der Waals surface area (Å²) in [5, 5.41) is 9.71. The van der Waals surface area contributed by atoms with Crippen LogP contribution in [0, 0.1) is 0 Å². The van der Waals surface area contributed by atoms with E-state index in [0.717, 1.165) is 16.7 Å². The van der Waals surface area contributed by atoms with Gasteiger partial charge in [0.1, 0.15) is 5.75 Å². The molecule has 0 aliphatic rings. The standard InChI is InChI=1S/C17H25ClO2/c1-16(2,3)13-9-11(19)10-14(17(4,5)6)12(13)7-8-15(18)20/h9-10,19H,7-8H2,1-6H3. The molecule has 3 heteroatoms. The van der Waals surface area contributed by atoms with Crippen LogP contribution in [0.15, 0.2) is 12.1 Å². The van der Waals surface area contributed by atoms with E-state index in [-0.39, 0.29) is 21.8 Å². The van der Waals surface area contributed by atoms with Gasteiger partial charge in [0.15, 0.2) is 0 Å². The van der Waals surface area contributed by atoms with E-state index in [1.165, 1.54) is 0 Å². The van der Waals surface area contributed by atoms with Crippen LogP contribution in [0.5, 0.6) is 5.75 Å². The van der Waals surface area contributed by atoms with Gasteiger partial charge in [0.25, 0.3) is 0 Å². The van der Waals surface area contributed by atoms with E-state index in [4.69, 9.17) is 11.6 Å². The smallest absolute Gasteiger partial charge is 0.221 e. The van der Waals surface area contributed by atoms with Gasteiger partial charge in [-0.05, 0) is 57.7 Å². The first kappa shape index (κ1) is 17.0. The van der Waals surface area contributed by atoms with Crippen molar-refractivity contribution in [3.63, 3.8) is 0 Å². The lowest BCUT2D eigenvalue weighted by Gasteiger charge is -2.30. The highest BCUT2D eigenvalue weighted by Crippen LogP contribution is 2.37. The molecule has 0 saturated heterocycles. The second-order valence-electron chi connectivity index (χ2n) is 7.37. The van der Waals surface area contributed by atoms with Crippen molar-refractivity contribution in [1.29, 1.82) is 0 Å². The van der Waals surface area contributed by atoms with Gasteiger partial charge in [0.2, 0.25) is 5.24 Å². The van der Waals surface area contributed by atoms with Crippen molar-refractivity contribution in [1.82, 2.24) is 0 Å². The number of aromatic hydroxyl groups is 1. The number of carbonyl (C=O) groups is 1. The van der Waals surface area contributed by atoms with Crippen LogP contribution in [-0.4, -0.2) is 10.3 Å². The Balaban J connectivity index is 3.50. The number of rotatable bonds is 3. The van der Waals surface area contributed by atoms with Crippen molar-refractivity contribution in [3.05, 3.63) is 28.8 Å². The molecule has 0 atom stereocenters. The van der Waals surface area contributed by atoms with Crippen LogP contribution in [0.2, 0.25) is 0 Å². The van der Waals surface area contributed by atoms with Gasteiger partial charge < -0.3 is 5.11 Å². The summed E-state index contributed by atoms with van der Waals surface area (Å²) in [5.74, 6) is 0.279. The lowest BCUT2D eigenvalue weighted by molar-refractivity contribution is -0.111. The number of benzene rings is 1. The largest absolute Gasteiger partial charge is 0.508 e. The number of phenolic OH excluding ortho intramolecular Hbond substituents is 1. The molecule has 0 amide bonds. The van der Waals surface area contributed by atoms with Crippen molar-refractivity contribution < 1.29 is 9.90 Å². The third kappa shape index (κ3) is 4.24. The highest BCUT2D eigenvalue weighted by molar-refractivity contribution is 6.63. The molecule has 0 radical (unpaired) electrons. The summed E-state index contributed by atoms with van der Waals surface area (Å²) in [6, 6.07) is 3.62. The molecule has 112 valence electrons. The normalized spacial score (nSPS) is 12.6. The first-order valence-electron chi connectivity index (χ1n) is 6.98. The molecule has 2 nitrogen and oxygen atoms in total. The molecule has 1 N–H and O–H groups in total. The molecule has 1 aromatic rings. The Morgan fingerprint density at radius 2 is 1.45 bits per heavy atom. The van der Waals surface area contributed by atoms with E-state index in [2.05, 4.69) is 41.5 Å². The topological polar surface area (TPSA) is 37.3 Å². The maximum absolute atomic E-state index is 11.1. The SMILES string of the molecule is CC(C)(C)c1cc(O)cc(C(C)(C)C)c1CCC(=O)Cl. The predicted octanol–water partition coefficient (Wildman–Crippen LogP) is 4.69. The fourth-order valence-corrected chi connectivity index (χ4v) is 2.58. The van der Waals surface area contributed by atoms with E-state index in [1.807, 2.05) is 12.1 Å². The van der Waals surface area contributed by atoms with Gasteiger partial charge in [-0.15, -0.1) is 0 Å². The average molecular weight is 297 g/mol. The predicted molar refractivity (Wildman–Crippen MR) is 84.7 cm³/mol. The Hall–Kier alpha value is -1.02. The van der Waals surface area contributed by atoms with E-state index in [1.54, 1.807) is 0 Å². The summed E-state index contributed by atoms with van der Waals surface area (Å²) in [7, 11) is 0. The van der Waals surface area contributed by atoms with Crippen molar-refractivity contribution in [3.8, 4) is 5.75 Å². The maximum atomic E-state index is 11.1. The van der Waals surface area contributed by atoms with Gasteiger partial charge in [-0.1, -0.05) is 41.5 Å². The van der Waals surface area contributed by atoms with Gasteiger partial charge in [-0.25, -0.2) is 0 Å². The first-order chi connectivity index (χ1) is 8.93. The summed E-state index contributed by atoms with van der Waals surface area (Å²) < 4.78 is 0. The van der Waals surface area contributed by atoms with E-state index in [9.17, 15) is 9.90 Å². The van der Waals surface area contributed by atoms with E-state index < -0.39 is 0 Å². The minimum absolute atomic E-state index is 0.0938. The summed E-state index contributed by atoms with van der Waals surface area (Å²) in [6.45, 7) is 12.7. The lowest BCUT2D eigenvalue weighted by Crippen LogP contribution is -2.21. The van der Waals surface area contributed by atoms with Crippen molar-refractivity contribution in [2.75, 3.05) is 0 Å². The maximum Gasteiger partial charge on any atom is 0.221 e. The van der Waals surface area contributed by atoms with Crippen molar-refractivity contribution >= 4 is 16.8 Å². The molecular weight excluding hydrogens is 272 g/mol. The van der Waals surface area contributed by atoms with Crippen LogP contribution in [0.4, 0.5) is 0 Å². The van der Waals surface area contributed by atoms with Gasteiger partial charge in [0, 0.05) is 6.42 Å². The molecule has 0 aromatic heterocycles. The Morgan fingerprint density at radius 3 is 1.75 bits per heavy atom. The molecular formula is C17H25ClO2. The summed E-state index contributed by atoms with van der Waals surface area (Å²) >= 11 is 5.50. The zero-order valence-corrected chi connectivity index (χ0v) is 14.1. The summed E-state index contributed by atoms with van der Waals surface area (Å²) in [5.41, 5.74) is 3.12. The number of hydrogen-bond donors (Lipinski definition) is 1. The molecule has 0 unspecified atom stereocenters. The van der Waals surface area contributed by atoms with Crippen LogP contribution >= 0.6 is 11.6 Å². The molecule has 0 spiro atoms. The molecule has 0 heterocycles. The zero-order chi connectivity index (χ0) is 15.7. The van der Waals surface area contributed by atoms with Crippen LogP contribution in [0.3, 0.4) is 0 Å². The van der Waals surface area contributed by atoms with Crippen LogP contribution in [0.1, 0.15) is 64.7 Å². The summed E-state index contributed by atoms with van der Waals surface area (Å²) in [4.78, 5) is 11.1. The van der Waals surface area contributed by atoms with Crippen molar-refractivity contribution in [2.24, 2.45) is 0 Å². The van der Waals surface area contributed by atoms with Crippen LogP contribution < -0.4 is 0 Å². The number of carbonyl (C=O) groups excluding carboxylic acids is 1. The highest BCUT2D eigenvalue weighted by Gasteiger charge is 2.26. The fraction of sp³-hybridized carbons (Fsp3) is 0.588. The minimum Gasteiger partial charge on any atom is -0.508 e. The Kier molecular flexibility index (Phi) is 4.91. The second kappa shape index (κ2) is 5.77. The molecule has 0 aliphatic heterocycles. The molecule has 20 heavy (non-hydrogen) atoms. The number of halogens is 1. The van der Waals surface area contributed by atoms with Gasteiger partial charge in [-0.2, -0.15) is 0 Å². The quantitative estimate of drug-likeness (QED) is 0.822. The second-order valence-corrected chi connectivity index (χ2v) is 7.80. The fourth-order valence-electron chi connectivity index (χ4n) is 2.49. The third-order valence-corrected chi connectivity index (χ3v) is 3.61. The molecule has 1 rings (SSSR count). The van der Waals surface area contributed by atoms with Gasteiger partial charge in [-0.3, -0.25) is 4.79 Å². The minimum atomic E-state index is -0.321. The molecule has 0 aliphatic carbocycles. The lowest BCUT2D eigenvalue weighted by atomic mass is 9.75. The molecule has 0 bridgehead atoms. The number of phenols is 1. The Labute approximate surface area is 127 Å². The highest BCUT2D eigenvalue weighted by atomic mass is 35.5. The molecule has 0 fully saturated rings. The van der Waals surface area contributed by atoms with Crippen molar-refractivity contribution in [2.45, 2.75) is 65.2 Å². The van der Waals surface area contributed by atoms with Crippen LogP contribution in [0.25, 0.3) is 0 Å².